The van der Waals surface area contributed by atoms with Gasteiger partial charge in [-0.3, -0.25) is 0 Å². The van der Waals surface area contributed by atoms with E-state index in [1.54, 1.807) is 6.07 Å². The summed E-state index contributed by atoms with van der Waals surface area (Å²) >= 11 is 0. The average molecular weight is 293 g/mol. The first-order chi connectivity index (χ1) is 10.1. The molecular weight excluding hydrogens is 277 g/mol. The second kappa shape index (κ2) is 5.42. The van der Waals surface area contributed by atoms with E-state index in [2.05, 4.69) is 10.1 Å². The van der Waals surface area contributed by atoms with Crippen LogP contribution in [-0.2, 0) is 10.3 Å². The molecule has 0 unspecified atom stereocenters. The monoisotopic (exact) mass is 293 g/mol. The molecular formula is C14H16FN3O3. The minimum Gasteiger partial charge on any atom is -0.494 e. The lowest BCUT2D eigenvalue weighted by Crippen LogP contribution is -2.42. The second-order valence-corrected chi connectivity index (χ2v) is 5.04. The first kappa shape index (κ1) is 14.0. The molecule has 0 saturated carbocycles. The Morgan fingerprint density at radius 2 is 2.10 bits per heavy atom. The van der Waals surface area contributed by atoms with Crippen LogP contribution in [0.5, 0.6) is 5.75 Å². The zero-order valence-electron chi connectivity index (χ0n) is 11.6. The number of nitrogens with zero attached hydrogens (tertiary/aromatic N) is 2. The predicted octanol–water partition coefficient (Wildman–Crippen LogP) is 1.85. The van der Waals surface area contributed by atoms with Crippen molar-refractivity contribution in [3.05, 3.63) is 29.9 Å². The molecule has 2 aromatic rings. The first-order valence-corrected chi connectivity index (χ1v) is 6.67. The molecule has 1 aromatic carbocycles. The summed E-state index contributed by atoms with van der Waals surface area (Å²) in [6.45, 7) is 1.14. The Kier molecular flexibility index (Phi) is 3.60. The Bertz CT molecular complexity index is 638. The maximum absolute atomic E-state index is 13.4. The van der Waals surface area contributed by atoms with Crippen LogP contribution in [0.3, 0.4) is 0 Å². The van der Waals surface area contributed by atoms with Gasteiger partial charge >= 0.3 is 0 Å². The molecule has 112 valence electrons. The van der Waals surface area contributed by atoms with Gasteiger partial charge in [-0.25, -0.2) is 4.39 Å². The summed E-state index contributed by atoms with van der Waals surface area (Å²) in [5.41, 5.74) is 6.24. The van der Waals surface area contributed by atoms with Crippen molar-refractivity contribution in [2.24, 2.45) is 5.73 Å². The molecule has 0 amide bonds. The molecule has 1 aliphatic heterocycles. The Hall–Kier alpha value is -1.99. The Morgan fingerprint density at radius 1 is 1.33 bits per heavy atom. The third kappa shape index (κ3) is 2.62. The van der Waals surface area contributed by atoms with Gasteiger partial charge in [-0.15, -0.1) is 0 Å². The van der Waals surface area contributed by atoms with Crippen molar-refractivity contribution in [2.45, 2.75) is 18.4 Å². The summed E-state index contributed by atoms with van der Waals surface area (Å²) in [6, 6.07) is 4.40. The van der Waals surface area contributed by atoms with Crippen molar-refractivity contribution in [3.8, 4) is 17.1 Å². The Labute approximate surface area is 121 Å². The molecule has 0 aliphatic carbocycles. The zero-order chi connectivity index (χ0) is 14.9. The summed E-state index contributed by atoms with van der Waals surface area (Å²) in [7, 11) is 1.40. The van der Waals surface area contributed by atoms with Crippen LogP contribution in [0.1, 0.15) is 18.7 Å². The molecule has 0 atom stereocenters. The SMILES string of the molecule is COc1cc(-c2noc(C3(N)CCOCC3)n2)ccc1F. The second-order valence-electron chi connectivity index (χ2n) is 5.04. The van der Waals surface area contributed by atoms with Crippen molar-refractivity contribution in [2.75, 3.05) is 20.3 Å². The lowest BCUT2D eigenvalue weighted by Gasteiger charge is -2.29. The van der Waals surface area contributed by atoms with Crippen molar-refractivity contribution in [1.82, 2.24) is 10.1 Å². The van der Waals surface area contributed by atoms with E-state index in [0.29, 0.717) is 43.3 Å². The molecule has 0 bridgehead atoms. The lowest BCUT2D eigenvalue weighted by atomic mass is 9.91. The standard InChI is InChI=1S/C14H16FN3O3/c1-19-11-8-9(2-3-10(11)15)12-17-13(21-18-12)14(16)4-6-20-7-5-14/h2-3,8H,4-7,16H2,1H3. The van der Waals surface area contributed by atoms with E-state index in [1.807, 2.05) is 0 Å². The zero-order valence-corrected chi connectivity index (χ0v) is 11.6. The number of halogens is 1. The number of rotatable bonds is 3. The normalized spacial score (nSPS) is 17.7. The minimum absolute atomic E-state index is 0.132. The molecule has 6 nitrogen and oxygen atoms in total. The molecule has 2 N–H and O–H groups in total. The van der Waals surface area contributed by atoms with Gasteiger partial charge in [0, 0.05) is 18.8 Å². The van der Waals surface area contributed by atoms with Gasteiger partial charge in [0.25, 0.3) is 0 Å². The van der Waals surface area contributed by atoms with Crippen LogP contribution in [0.4, 0.5) is 4.39 Å². The van der Waals surface area contributed by atoms with Gasteiger partial charge in [0.15, 0.2) is 11.6 Å². The fourth-order valence-corrected chi connectivity index (χ4v) is 2.29. The van der Waals surface area contributed by atoms with Crippen molar-refractivity contribution in [3.63, 3.8) is 0 Å². The Morgan fingerprint density at radius 3 is 2.81 bits per heavy atom. The molecule has 7 heteroatoms. The van der Waals surface area contributed by atoms with Gasteiger partial charge in [-0.05, 0) is 31.0 Å². The molecule has 1 saturated heterocycles. The smallest absolute Gasteiger partial charge is 0.247 e. The van der Waals surface area contributed by atoms with Crippen molar-refractivity contribution < 1.29 is 18.4 Å². The average Bonchev–Trinajstić information content (AvgIpc) is 2.99. The highest BCUT2D eigenvalue weighted by molar-refractivity contribution is 5.57. The van der Waals surface area contributed by atoms with E-state index in [-0.39, 0.29) is 5.75 Å². The molecule has 3 rings (SSSR count). The van der Waals surface area contributed by atoms with Gasteiger partial charge in [0.05, 0.1) is 7.11 Å². The quantitative estimate of drug-likeness (QED) is 0.929. The van der Waals surface area contributed by atoms with Crippen molar-refractivity contribution in [1.29, 1.82) is 0 Å². The number of hydrogen-bond acceptors (Lipinski definition) is 6. The Balaban J connectivity index is 1.91. The summed E-state index contributed by atoms with van der Waals surface area (Å²) in [5.74, 6) is 0.431. The van der Waals surface area contributed by atoms with E-state index in [1.165, 1.54) is 19.2 Å². The van der Waals surface area contributed by atoms with Crippen LogP contribution >= 0.6 is 0 Å². The molecule has 2 heterocycles. The number of hydrogen-bond donors (Lipinski definition) is 1. The highest BCUT2D eigenvalue weighted by Crippen LogP contribution is 2.30. The van der Waals surface area contributed by atoms with Crippen LogP contribution in [-0.4, -0.2) is 30.5 Å². The van der Waals surface area contributed by atoms with E-state index in [4.69, 9.17) is 19.7 Å². The summed E-state index contributed by atoms with van der Waals surface area (Å²) in [6.07, 6.45) is 1.25. The van der Waals surface area contributed by atoms with Gasteiger partial charge in [-0.2, -0.15) is 4.98 Å². The van der Waals surface area contributed by atoms with Gasteiger partial charge < -0.3 is 19.7 Å². The topological polar surface area (TPSA) is 83.4 Å². The molecule has 1 fully saturated rings. The molecule has 1 aliphatic rings. The fourth-order valence-electron chi connectivity index (χ4n) is 2.29. The van der Waals surface area contributed by atoms with Crippen LogP contribution in [0.15, 0.2) is 22.7 Å². The third-order valence-corrected chi connectivity index (χ3v) is 3.65. The highest BCUT2D eigenvalue weighted by Gasteiger charge is 2.35. The van der Waals surface area contributed by atoms with Crippen LogP contribution in [0, 0.1) is 5.82 Å². The largest absolute Gasteiger partial charge is 0.494 e. The number of nitrogens with two attached hydrogens (primary N) is 1. The van der Waals surface area contributed by atoms with Crippen molar-refractivity contribution >= 4 is 0 Å². The van der Waals surface area contributed by atoms with E-state index >= 15 is 0 Å². The van der Waals surface area contributed by atoms with Gasteiger partial charge in [-0.1, -0.05) is 5.16 Å². The predicted molar refractivity (Wildman–Crippen MR) is 72.2 cm³/mol. The number of methoxy groups -OCH3 is 1. The number of ether oxygens (including phenoxy) is 2. The summed E-state index contributed by atoms with van der Waals surface area (Å²) in [4.78, 5) is 4.34. The first-order valence-electron chi connectivity index (χ1n) is 6.67. The van der Waals surface area contributed by atoms with E-state index in [9.17, 15) is 4.39 Å². The maximum Gasteiger partial charge on any atom is 0.247 e. The highest BCUT2D eigenvalue weighted by atomic mass is 19.1. The van der Waals surface area contributed by atoms with Gasteiger partial charge in [0.1, 0.15) is 5.54 Å². The van der Waals surface area contributed by atoms with Crippen LogP contribution in [0.25, 0.3) is 11.4 Å². The maximum atomic E-state index is 13.4. The minimum atomic E-state index is -0.659. The van der Waals surface area contributed by atoms with E-state index < -0.39 is 11.4 Å². The van der Waals surface area contributed by atoms with Crippen LogP contribution in [0.2, 0.25) is 0 Å². The molecule has 21 heavy (non-hydrogen) atoms. The molecule has 0 spiro atoms. The summed E-state index contributed by atoms with van der Waals surface area (Å²) in [5, 5.41) is 3.93. The molecule has 0 radical (unpaired) electrons. The van der Waals surface area contributed by atoms with Gasteiger partial charge in [0.2, 0.25) is 11.7 Å². The number of aromatic nitrogens is 2. The third-order valence-electron chi connectivity index (χ3n) is 3.65. The molecule has 1 aromatic heterocycles. The fraction of sp³-hybridized carbons (Fsp3) is 0.429. The van der Waals surface area contributed by atoms with Crippen LogP contribution < -0.4 is 10.5 Å². The van der Waals surface area contributed by atoms with E-state index in [0.717, 1.165) is 0 Å². The number of benzene rings is 1. The summed E-state index contributed by atoms with van der Waals surface area (Å²) < 4.78 is 28.9. The lowest BCUT2D eigenvalue weighted by molar-refractivity contribution is 0.0400.